The number of nitro groups is 1. The number of nitro benzene ring substituents is 1. The molecular formula is C19H15ClN2O4. The van der Waals surface area contributed by atoms with Crippen molar-refractivity contribution in [3.8, 4) is 11.3 Å². The highest BCUT2D eigenvalue weighted by molar-refractivity contribution is 6.33. The Morgan fingerprint density at radius 1 is 1.12 bits per heavy atom. The van der Waals surface area contributed by atoms with E-state index < -0.39 is 4.92 Å². The summed E-state index contributed by atoms with van der Waals surface area (Å²) in [6.45, 7) is 0. The monoisotopic (exact) mass is 370 g/mol. The number of carbonyl (C=O) groups excluding carboxylic acids is 1. The van der Waals surface area contributed by atoms with Crippen LogP contribution >= 0.6 is 11.6 Å². The van der Waals surface area contributed by atoms with Crippen LogP contribution in [0.25, 0.3) is 11.3 Å². The molecule has 1 amide bonds. The molecule has 0 fully saturated rings. The van der Waals surface area contributed by atoms with Crippen molar-refractivity contribution in [2.75, 3.05) is 5.32 Å². The van der Waals surface area contributed by atoms with E-state index in [4.69, 9.17) is 16.0 Å². The van der Waals surface area contributed by atoms with E-state index in [2.05, 4.69) is 5.32 Å². The van der Waals surface area contributed by atoms with Crippen molar-refractivity contribution in [1.29, 1.82) is 0 Å². The molecule has 0 saturated carbocycles. The predicted octanol–water partition coefficient (Wildman–Crippen LogP) is 5.08. The number of anilines is 1. The summed E-state index contributed by atoms with van der Waals surface area (Å²) in [6, 6.07) is 16.7. The standard InChI is InChI=1S/C19H15ClN2O4/c20-16-6-1-2-7-17(16)21-19(23)11-9-15-8-10-18(26-15)13-4-3-5-14(12-13)22(24)25/h1-8,10,12H,9,11H2,(H,21,23). The zero-order chi connectivity index (χ0) is 18.5. The first kappa shape index (κ1) is 17.7. The van der Waals surface area contributed by atoms with Crippen molar-refractivity contribution >= 4 is 28.9 Å². The Kier molecular flexibility index (Phi) is 5.34. The third kappa shape index (κ3) is 4.29. The second-order valence-electron chi connectivity index (χ2n) is 5.60. The molecule has 3 rings (SSSR count). The topological polar surface area (TPSA) is 85.4 Å². The normalized spacial score (nSPS) is 10.5. The number of aryl methyl sites for hydroxylation is 1. The van der Waals surface area contributed by atoms with Gasteiger partial charge >= 0.3 is 0 Å². The molecule has 7 heteroatoms. The molecular weight excluding hydrogens is 356 g/mol. The Bertz CT molecular complexity index is 952. The maximum atomic E-state index is 12.0. The van der Waals surface area contributed by atoms with Crippen LogP contribution in [0.3, 0.4) is 0 Å². The largest absolute Gasteiger partial charge is 0.461 e. The summed E-state index contributed by atoms with van der Waals surface area (Å²) in [4.78, 5) is 22.5. The first-order valence-corrected chi connectivity index (χ1v) is 8.28. The molecule has 0 radical (unpaired) electrons. The molecule has 1 aromatic heterocycles. The Balaban J connectivity index is 1.62. The van der Waals surface area contributed by atoms with Gasteiger partial charge in [-0.05, 0) is 24.3 Å². The maximum Gasteiger partial charge on any atom is 0.270 e. The van der Waals surface area contributed by atoms with Crippen LogP contribution in [0.5, 0.6) is 0 Å². The van der Waals surface area contributed by atoms with Crippen LogP contribution in [0.1, 0.15) is 12.2 Å². The number of para-hydroxylation sites is 1. The summed E-state index contributed by atoms with van der Waals surface area (Å²) in [5.41, 5.74) is 1.18. The maximum absolute atomic E-state index is 12.0. The molecule has 6 nitrogen and oxygen atoms in total. The number of hydrogen-bond donors (Lipinski definition) is 1. The van der Waals surface area contributed by atoms with Gasteiger partial charge < -0.3 is 9.73 Å². The lowest BCUT2D eigenvalue weighted by atomic mass is 10.1. The summed E-state index contributed by atoms with van der Waals surface area (Å²) in [6.07, 6.45) is 0.637. The van der Waals surface area contributed by atoms with E-state index in [1.807, 2.05) is 0 Å². The van der Waals surface area contributed by atoms with Gasteiger partial charge in [0.25, 0.3) is 5.69 Å². The molecule has 0 aliphatic rings. The molecule has 1 heterocycles. The number of halogens is 1. The first-order valence-electron chi connectivity index (χ1n) is 7.91. The summed E-state index contributed by atoms with van der Waals surface area (Å²) >= 11 is 6.01. The van der Waals surface area contributed by atoms with Crippen LogP contribution in [-0.4, -0.2) is 10.8 Å². The van der Waals surface area contributed by atoms with E-state index in [1.165, 1.54) is 12.1 Å². The fourth-order valence-corrected chi connectivity index (χ4v) is 2.64. The van der Waals surface area contributed by atoms with Gasteiger partial charge in [0.05, 0.1) is 15.6 Å². The van der Waals surface area contributed by atoms with E-state index in [0.717, 1.165) is 0 Å². The Morgan fingerprint density at radius 2 is 1.92 bits per heavy atom. The molecule has 3 aromatic rings. The quantitative estimate of drug-likeness (QED) is 0.484. The zero-order valence-corrected chi connectivity index (χ0v) is 14.4. The third-order valence-electron chi connectivity index (χ3n) is 3.75. The van der Waals surface area contributed by atoms with Crippen molar-refractivity contribution in [3.05, 3.63) is 81.6 Å². The number of amides is 1. The van der Waals surface area contributed by atoms with Gasteiger partial charge in [-0.3, -0.25) is 14.9 Å². The molecule has 0 saturated heterocycles. The molecule has 1 N–H and O–H groups in total. The Labute approximate surface area is 154 Å². The minimum atomic E-state index is -0.452. The molecule has 132 valence electrons. The smallest absolute Gasteiger partial charge is 0.270 e. The first-order chi connectivity index (χ1) is 12.5. The van der Waals surface area contributed by atoms with Crippen LogP contribution in [-0.2, 0) is 11.2 Å². The molecule has 0 aliphatic heterocycles. The van der Waals surface area contributed by atoms with Crippen LogP contribution in [0.2, 0.25) is 5.02 Å². The lowest BCUT2D eigenvalue weighted by Gasteiger charge is -2.06. The molecule has 0 spiro atoms. The lowest BCUT2D eigenvalue weighted by Crippen LogP contribution is -2.12. The van der Waals surface area contributed by atoms with Crippen LogP contribution in [0.15, 0.2) is 65.1 Å². The van der Waals surface area contributed by atoms with E-state index in [9.17, 15) is 14.9 Å². The number of benzene rings is 2. The molecule has 0 unspecified atom stereocenters. The SMILES string of the molecule is O=C(CCc1ccc(-c2cccc([N+](=O)[O-])c2)o1)Nc1ccccc1Cl. The fraction of sp³-hybridized carbons (Fsp3) is 0.105. The second-order valence-corrected chi connectivity index (χ2v) is 6.01. The predicted molar refractivity (Wildman–Crippen MR) is 99.2 cm³/mol. The number of non-ortho nitro benzene ring substituents is 1. The van der Waals surface area contributed by atoms with E-state index >= 15 is 0 Å². The van der Waals surface area contributed by atoms with Gasteiger partial charge in [-0.1, -0.05) is 35.9 Å². The Morgan fingerprint density at radius 3 is 2.69 bits per heavy atom. The molecule has 2 aromatic carbocycles. The van der Waals surface area contributed by atoms with E-state index in [-0.39, 0.29) is 18.0 Å². The van der Waals surface area contributed by atoms with Gasteiger partial charge in [-0.25, -0.2) is 0 Å². The van der Waals surface area contributed by atoms with Crippen molar-refractivity contribution in [3.63, 3.8) is 0 Å². The van der Waals surface area contributed by atoms with Crippen LogP contribution < -0.4 is 5.32 Å². The van der Waals surface area contributed by atoms with Crippen molar-refractivity contribution < 1.29 is 14.1 Å². The number of rotatable bonds is 6. The van der Waals surface area contributed by atoms with Crippen LogP contribution in [0.4, 0.5) is 11.4 Å². The fourth-order valence-electron chi connectivity index (χ4n) is 2.45. The molecule has 26 heavy (non-hydrogen) atoms. The highest BCUT2D eigenvalue weighted by Crippen LogP contribution is 2.26. The highest BCUT2D eigenvalue weighted by atomic mass is 35.5. The number of carbonyl (C=O) groups is 1. The van der Waals surface area contributed by atoms with Crippen LogP contribution in [0, 0.1) is 10.1 Å². The summed E-state index contributed by atoms with van der Waals surface area (Å²) < 4.78 is 5.70. The van der Waals surface area contributed by atoms with Gasteiger partial charge in [0.1, 0.15) is 11.5 Å². The number of hydrogen-bond acceptors (Lipinski definition) is 4. The second kappa shape index (κ2) is 7.84. The highest BCUT2D eigenvalue weighted by Gasteiger charge is 2.12. The summed E-state index contributed by atoms with van der Waals surface area (Å²) in [7, 11) is 0. The van der Waals surface area contributed by atoms with Crippen molar-refractivity contribution in [2.24, 2.45) is 0 Å². The summed E-state index contributed by atoms with van der Waals surface area (Å²) in [5, 5.41) is 14.1. The molecule has 0 atom stereocenters. The number of nitrogens with zero attached hydrogens (tertiary/aromatic N) is 1. The minimum Gasteiger partial charge on any atom is -0.461 e. The van der Waals surface area contributed by atoms with Crippen molar-refractivity contribution in [2.45, 2.75) is 12.8 Å². The Hall–Kier alpha value is -3.12. The van der Waals surface area contributed by atoms with Gasteiger partial charge in [-0.2, -0.15) is 0 Å². The average molecular weight is 371 g/mol. The average Bonchev–Trinajstić information content (AvgIpc) is 3.11. The van der Waals surface area contributed by atoms with Gasteiger partial charge in [0.15, 0.2) is 0 Å². The zero-order valence-electron chi connectivity index (χ0n) is 13.6. The van der Waals surface area contributed by atoms with Gasteiger partial charge in [0.2, 0.25) is 5.91 Å². The number of nitrogens with one attached hydrogen (secondary N) is 1. The molecule has 0 bridgehead atoms. The summed E-state index contributed by atoms with van der Waals surface area (Å²) in [5.74, 6) is 0.974. The third-order valence-corrected chi connectivity index (χ3v) is 4.08. The van der Waals surface area contributed by atoms with E-state index in [0.29, 0.717) is 34.2 Å². The van der Waals surface area contributed by atoms with Crippen molar-refractivity contribution in [1.82, 2.24) is 0 Å². The number of furan rings is 1. The molecule has 0 aliphatic carbocycles. The van der Waals surface area contributed by atoms with Gasteiger partial charge in [-0.15, -0.1) is 0 Å². The van der Waals surface area contributed by atoms with Gasteiger partial charge in [0, 0.05) is 30.5 Å². The minimum absolute atomic E-state index is 0.000400. The van der Waals surface area contributed by atoms with E-state index in [1.54, 1.807) is 48.5 Å². The lowest BCUT2D eigenvalue weighted by molar-refractivity contribution is -0.384.